The monoisotopic (exact) mass is 700 g/mol. The van der Waals surface area contributed by atoms with Gasteiger partial charge in [0, 0.05) is 61.4 Å². The lowest BCUT2D eigenvalue weighted by Gasteiger charge is -2.55. The van der Waals surface area contributed by atoms with Crippen molar-refractivity contribution in [2.45, 2.75) is 31.6 Å². The molecule has 3 aliphatic rings. The van der Waals surface area contributed by atoms with Crippen LogP contribution in [0.5, 0.6) is 0 Å². The van der Waals surface area contributed by atoms with Crippen molar-refractivity contribution in [3.63, 3.8) is 0 Å². The summed E-state index contributed by atoms with van der Waals surface area (Å²) in [5, 5.41) is 10.2. The first-order valence-electron chi connectivity index (χ1n) is 16.5. The van der Waals surface area contributed by atoms with Crippen LogP contribution >= 0.6 is 0 Å². The number of nitrogens with zero attached hydrogens (tertiary/aromatic N) is 6. The molecular weight excluding hydrogens is 665 g/mol. The highest BCUT2D eigenvalue weighted by atomic mass is 19.4. The van der Waals surface area contributed by atoms with Gasteiger partial charge in [-0.25, -0.2) is 14.6 Å². The van der Waals surface area contributed by atoms with Gasteiger partial charge in [0.2, 0.25) is 11.7 Å². The van der Waals surface area contributed by atoms with E-state index in [0.717, 1.165) is 38.1 Å². The molecule has 0 radical (unpaired) electrons. The number of anilines is 1. The molecule has 51 heavy (non-hydrogen) atoms. The molecule has 0 unspecified atom stereocenters. The molecule has 2 fully saturated rings. The van der Waals surface area contributed by atoms with Crippen molar-refractivity contribution in [2.24, 2.45) is 5.41 Å². The van der Waals surface area contributed by atoms with Gasteiger partial charge in [0.15, 0.2) is 0 Å². The minimum Gasteiger partial charge on any atom is -0.380 e. The van der Waals surface area contributed by atoms with E-state index in [1.807, 2.05) is 42.5 Å². The summed E-state index contributed by atoms with van der Waals surface area (Å²) in [6.07, 6.45) is -2.33. The van der Waals surface area contributed by atoms with E-state index in [0.29, 0.717) is 40.8 Å². The summed E-state index contributed by atoms with van der Waals surface area (Å²) in [5.74, 6) is -2.87. The van der Waals surface area contributed by atoms with Crippen LogP contribution in [0, 0.1) is 5.41 Å². The van der Waals surface area contributed by atoms with E-state index in [4.69, 9.17) is 4.74 Å². The maximum absolute atomic E-state index is 14.3. The summed E-state index contributed by atoms with van der Waals surface area (Å²) in [5.41, 5.74) is 2.02. The van der Waals surface area contributed by atoms with Crippen LogP contribution in [-0.2, 0) is 27.0 Å². The molecule has 0 bridgehead atoms. The van der Waals surface area contributed by atoms with Gasteiger partial charge in [-0.05, 0) is 36.2 Å². The third-order valence-electron chi connectivity index (χ3n) is 9.41. The number of carbonyl (C=O) groups excluding carboxylic acids is 3. The van der Waals surface area contributed by atoms with Crippen LogP contribution in [0.3, 0.4) is 0 Å². The first kappa shape index (κ1) is 34.1. The summed E-state index contributed by atoms with van der Waals surface area (Å²) in [7, 11) is 0. The van der Waals surface area contributed by atoms with Crippen LogP contribution in [0.1, 0.15) is 45.8 Å². The van der Waals surface area contributed by atoms with Crippen molar-refractivity contribution in [1.82, 2.24) is 35.3 Å². The molecule has 264 valence electrons. The number of hydrogen-bond donors (Lipinski definition) is 2. The highest BCUT2D eigenvalue weighted by Gasteiger charge is 2.49. The van der Waals surface area contributed by atoms with Crippen LogP contribution in [0.4, 0.5) is 19.0 Å². The number of amides is 3. The Morgan fingerprint density at radius 3 is 2.53 bits per heavy atom. The zero-order chi connectivity index (χ0) is 35.9. The smallest absolute Gasteiger partial charge is 0.380 e. The molecule has 2 atom stereocenters. The zero-order valence-corrected chi connectivity index (χ0v) is 27.7. The lowest BCUT2D eigenvalue weighted by atomic mass is 9.78. The Bertz CT molecular complexity index is 1990. The largest absolute Gasteiger partial charge is 0.433 e. The average molecular weight is 701 g/mol. The molecule has 2 N–H and O–H groups in total. The number of nitrogens with one attached hydrogen (secondary N) is 2. The Kier molecular flexibility index (Phi) is 8.93. The van der Waals surface area contributed by atoms with Crippen LogP contribution in [0.2, 0.25) is 0 Å². The Morgan fingerprint density at radius 1 is 1.08 bits per heavy atom. The van der Waals surface area contributed by atoms with Gasteiger partial charge in [-0.2, -0.15) is 18.3 Å². The highest BCUT2D eigenvalue weighted by molar-refractivity contribution is 6.04. The fourth-order valence-electron chi connectivity index (χ4n) is 6.98. The predicted octanol–water partition coefficient (Wildman–Crippen LogP) is 3.48. The molecule has 3 aliphatic heterocycles. The molecule has 7 rings (SSSR count). The zero-order valence-electron chi connectivity index (χ0n) is 27.7. The van der Waals surface area contributed by atoms with E-state index in [1.165, 1.54) is 4.90 Å². The van der Waals surface area contributed by atoms with Crippen molar-refractivity contribution < 1.29 is 32.3 Å². The van der Waals surface area contributed by atoms with Crippen molar-refractivity contribution >= 4 is 23.5 Å². The van der Waals surface area contributed by atoms with Crippen LogP contribution in [0.15, 0.2) is 85.2 Å². The first-order chi connectivity index (χ1) is 24.5. The quantitative estimate of drug-likeness (QED) is 0.241. The van der Waals surface area contributed by atoms with E-state index < -0.39 is 41.5 Å². The highest BCUT2D eigenvalue weighted by Crippen LogP contribution is 2.42. The molecule has 2 saturated heterocycles. The summed E-state index contributed by atoms with van der Waals surface area (Å²) < 4.78 is 47.2. The Hall–Kier alpha value is -5.41. The van der Waals surface area contributed by atoms with Gasteiger partial charge in [0.25, 0.3) is 11.8 Å². The van der Waals surface area contributed by atoms with Gasteiger partial charge in [-0.15, -0.1) is 0 Å². The Labute approximate surface area is 291 Å². The molecule has 2 aromatic carbocycles. The molecule has 3 amide bonds. The minimum absolute atomic E-state index is 0.163. The summed E-state index contributed by atoms with van der Waals surface area (Å²) in [6.45, 7) is 9.83. The number of likely N-dealkylation sites (N-methyl/N-ethyl adjacent to an activating group) is 1. The normalized spacial score (nSPS) is 19.5. The number of benzene rings is 2. The SMILES string of the molecule is C=C(CN1CC2(COC2)C1)C(=O)NCc1cccc([C@@H]2c3cnn(-c4ccccc4)c3N(CC)C(=O)[C@H]2NC(=O)c2nccc(C(F)(F)F)n2)c1. The van der Waals surface area contributed by atoms with Crippen molar-refractivity contribution in [3.05, 3.63) is 113 Å². The first-order valence-corrected chi connectivity index (χ1v) is 16.5. The third-order valence-corrected chi connectivity index (χ3v) is 9.41. The molecule has 12 nitrogen and oxygen atoms in total. The molecule has 0 saturated carbocycles. The second-order valence-corrected chi connectivity index (χ2v) is 13.1. The fraction of sp³-hybridized carbons (Fsp3) is 0.333. The lowest BCUT2D eigenvalue weighted by molar-refractivity contribution is -0.186. The lowest BCUT2D eigenvalue weighted by Crippen LogP contribution is -2.66. The topological polar surface area (TPSA) is 135 Å². The minimum atomic E-state index is -4.80. The predicted molar refractivity (Wildman–Crippen MR) is 179 cm³/mol. The van der Waals surface area contributed by atoms with Gasteiger partial charge < -0.3 is 15.4 Å². The van der Waals surface area contributed by atoms with Gasteiger partial charge in [0.05, 0.1) is 25.1 Å². The number of alkyl halides is 3. The summed E-state index contributed by atoms with van der Waals surface area (Å²) in [6, 6.07) is 15.8. The Morgan fingerprint density at radius 2 is 1.84 bits per heavy atom. The number of halogens is 3. The number of aromatic nitrogens is 4. The van der Waals surface area contributed by atoms with Gasteiger partial charge in [-0.1, -0.05) is 49.0 Å². The van der Waals surface area contributed by atoms with E-state index in [2.05, 4.69) is 37.2 Å². The number of likely N-dealkylation sites (tertiary alicyclic amines) is 1. The second-order valence-electron chi connectivity index (χ2n) is 13.1. The fourth-order valence-corrected chi connectivity index (χ4v) is 6.98. The molecule has 1 spiro atoms. The van der Waals surface area contributed by atoms with E-state index in [1.54, 1.807) is 29.9 Å². The second kappa shape index (κ2) is 13.4. The van der Waals surface area contributed by atoms with Crippen molar-refractivity contribution in [3.8, 4) is 5.69 Å². The van der Waals surface area contributed by atoms with E-state index in [9.17, 15) is 27.6 Å². The number of hydrogen-bond acceptors (Lipinski definition) is 8. The molecule has 5 heterocycles. The summed E-state index contributed by atoms with van der Waals surface area (Å²) in [4.78, 5) is 51.6. The van der Waals surface area contributed by atoms with Crippen LogP contribution in [-0.4, -0.2) is 87.8 Å². The van der Waals surface area contributed by atoms with Gasteiger partial charge in [-0.3, -0.25) is 24.2 Å². The molecule has 2 aromatic heterocycles. The van der Waals surface area contributed by atoms with Crippen molar-refractivity contribution in [1.29, 1.82) is 0 Å². The Balaban J connectivity index is 1.18. The average Bonchev–Trinajstić information content (AvgIpc) is 3.52. The van der Waals surface area contributed by atoms with E-state index >= 15 is 0 Å². The standard InChI is InChI=1S/C36H35F3N8O4/c1-3-46-33-26(16-42-47(33)25-10-5-4-6-11-25)28(29(34(46)50)44-32(49)30-40-13-12-27(43-30)36(37,38)39)24-9-7-8-23(14-24)15-41-31(48)22(2)17-45-18-35(19-45)20-51-21-35/h4-14,16,28-29H,2-3,15,17-21H2,1H3,(H,41,48)(H,44,49)/t28-,29+/m1/s1. The van der Waals surface area contributed by atoms with Gasteiger partial charge in [0.1, 0.15) is 17.6 Å². The van der Waals surface area contributed by atoms with E-state index in [-0.39, 0.29) is 24.4 Å². The maximum Gasteiger partial charge on any atom is 0.433 e. The van der Waals surface area contributed by atoms with Gasteiger partial charge >= 0.3 is 6.18 Å². The molecule has 4 aromatic rings. The van der Waals surface area contributed by atoms with Crippen LogP contribution in [0.25, 0.3) is 5.69 Å². The summed E-state index contributed by atoms with van der Waals surface area (Å²) >= 11 is 0. The maximum atomic E-state index is 14.3. The number of para-hydroxylation sites is 1. The van der Waals surface area contributed by atoms with Crippen LogP contribution < -0.4 is 15.5 Å². The molecular formula is C36H35F3N8O4. The number of rotatable bonds is 10. The number of carbonyl (C=O) groups is 3. The van der Waals surface area contributed by atoms with Crippen molar-refractivity contribution in [2.75, 3.05) is 44.3 Å². The molecule has 15 heteroatoms. The number of fused-ring (bicyclic) bond motifs is 1. The number of ether oxygens (including phenoxy) is 1. The third kappa shape index (κ3) is 6.61. The molecule has 0 aliphatic carbocycles.